The van der Waals surface area contributed by atoms with Crippen molar-refractivity contribution in [2.75, 3.05) is 31.2 Å². The Bertz CT molecular complexity index is 437. The molecule has 19 heavy (non-hydrogen) atoms. The number of ether oxygens (including phenoxy) is 2. The summed E-state index contributed by atoms with van der Waals surface area (Å²) in [5.41, 5.74) is 2.10. The maximum absolute atomic E-state index is 5.92. The minimum absolute atomic E-state index is 0.324. The normalized spacial score (nSPS) is 22.4. The largest absolute Gasteiger partial charge is 0.371 e. The highest BCUT2D eigenvalue weighted by atomic mass is 35.5. The molecule has 2 heterocycles. The summed E-state index contributed by atoms with van der Waals surface area (Å²) in [5.74, 6) is -0.324. The molecule has 0 unspecified atom stereocenters. The quantitative estimate of drug-likeness (QED) is 0.780. The van der Waals surface area contributed by atoms with Gasteiger partial charge in [0.2, 0.25) is 0 Å². The van der Waals surface area contributed by atoms with Crippen molar-refractivity contribution in [2.24, 2.45) is 0 Å². The van der Waals surface area contributed by atoms with Crippen molar-refractivity contribution in [1.82, 2.24) is 0 Å². The first-order chi connectivity index (χ1) is 9.19. The maximum Gasteiger partial charge on any atom is 0.171 e. The predicted molar refractivity (Wildman–Crippen MR) is 77.0 cm³/mol. The van der Waals surface area contributed by atoms with Gasteiger partial charge in [-0.1, -0.05) is 12.1 Å². The molecule has 0 amide bonds. The molecule has 0 aromatic heterocycles. The van der Waals surface area contributed by atoms with Crippen LogP contribution in [0.25, 0.3) is 0 Å². The zero-order valence-corrected chi connectivity index (χ0v) is 12.2. The zero-order chi connectivity index (χ0) is 13.3. The summed E-state index contributed by atoms with van der Waals surface area (Å²) in [6, 6.07) is 8.09. The molecule has 0 saturated carbocycles. The van der Waals surface area contributed by atoms with Crippen LogP contribution in [-0.4, -0.2) is 32.1 Å². The second-order valence-corrected chi connectivity index (χ2v) is 6.09. The van der Waals surface area contributed by atoms with Crippen molar-refractivity contribution >= 4 is 28.9 Å². The van der Waals surface area contributed by atoms with Gasteiger partial charge in [0.1, 0.15) is 4.84 Å². The first kappa shape index (κ1) is 13.5. The Hall–Kier alpha value is -0.480. The lowest BCUT2D eigenvalue weighted by atomic mass is 10.0. The topological polar surface area (TPSA) is 21.7 Å². The highest BCUT2D eigenvalue weighted by molar-refractivity contribution is 6.44. The number of hydrogen-bond donors (Lipinski definition) is 0. The molecule has 1 aromatic rings. The standard InChI is InChI=1S/C14H17Cl2NO2/c15-13(16)11-2-1-3-12(10-11)17-6-4-14(5-7-17)18-8-9-19-14/h1-3,10,13H,4-9H2. The third kappa shape index (κ3) is 2.84. The fourth-order valence-corrected chi connectivity index (χ4v) is 3.02. The summed E-state index contributed by atoms with van der Waals surface area (Å²) >= 11 is 11.8. The molecule has 1 aromatic carbocycles. The molecule has 0 radical (unpaired) electrons. The monoisotopic (exact) mass is 301 g/mol. The number of piperidine rings is 1. The molecule has 5 heteroatoms. The molecule has 1 spiro atoms. The van der Waals surface area contributed by atoms with Crippen molar-refractivity contribution in [3.8, 4) is 0 Å². The molecule has 104 valence electrons. The zero-order valence-electron chi connectivity index (χ0n) is 10.6. The second kappa shape index (κ2) is 5.49. The van der Waals surface area contributed by atoms with Gasteiger partial charge in [0.15, 0.2) is 5.79 Å². The SMILES string of the molecule is ClC(Cl)c1cccc(N2CCC3(CC2)OCCO3)c1. The summed E-state index contributed by atoms with van der Waals surface area (Å²) in [6.07, 6.45) is 1.81. The van der Waals surface area contributed by atoms with Gasteiger partial charge in [-0.2, -0.15) is 0 Å². The van der Waals surface area contributed by atoms with Crippen molar-refractivity contribution in [3.63, 3.8) is 0 Å². The third-order valence-electron chi connectivity index (χ3n) is 3.83. The van der Waals surface area contributed by atoms with Gasteiger partial charge in [0.25, 0.3) is 0 Å². The Labute approximate surface area is 123 Å². The lowest BCUT2D eigenvalue weighted by molar-refractivity contribution is -0.169. The van der Waals surface area contributed by atoms with Gasteiger partial charge >= 0.3 is 0 Å². The number of alkyl halides is 2. The van der Waals surface area contributed by atoms with Crippen LogP contribution < -0.4 is 4.90 Å². The smallest absolute Gasteiger partial charge is 0.171 e. The summed E-state index contributed by atoms with van der Waals surface area (Å²) < 4.78 is 11.5. The molecular formula is C14H17Cl2NO2. The maximum atomic E-state index is 5.92. The molecule has 0 atom stereocenters. The first-order valence-corrected chi connectivity index (χ1v) is 7.47. The number of nitrogens with zero attached hydrogens (tertiary/aromatic N) is 1. The van der Waals surface area contributed by atoms with Crippen molar-refractivity contribution in [3.05, 3.63) is 29.8 Å². The number of hydrogen-bond acceptors (Lipinski definition) is 3. The summed E-state index contributed by atoms with van der Waals surface area (Å²) in [6.45, 7) is 3.29. The van der Waals surface area contributed by atoms with Crippen LogP contribution >= 0.6 is 23.2 Å². The van der Waals surface area contributed by atoms with Crippen LogP contribution in [-0.2, 0) is 9.47 Å². The van der Waals surface area contributed by atoms with Crippen molar-refractivity contribution in [1.29, 1.82) is 0 Å². The molecule has 2 aliphatic heterocycles. The lowest BCUT2D eigenvalue weighted by Crippen LogP contribution is -2.45. The Morgan fingerprint density at radius 1 is 1.11 bits per heavy atom. The van der Waals surface area contributed by atoms with E-state index in [9.17, 15) is 0 Å². The number of halogens is 2. The lowest BCUT2D eigenvalue weighted by Gasteiger charge is -2.38. The van der Waals surface area contributed by atoms with E-state index in [0.717, 1.165) is 50.4 Å². The molecule has 3 rings (SSSR count). The van der Waals surface area contributed by atoms with Crippen LogP contribution in [0.4, 0.5) is 5.69 Å². The van der Waals surface area contributed by atoms with Crippen LogP contribution in [0.3, 0.4) is 0 Å². The Morgan fingerprint density at radius 3 is 2.42 bits per heavy atom. The van der Waals surface area contributed by atoms with E-state index in [1.165, 1.54) is 0 Å². The fourth-order valence-electron chi connectivity index (χ4n) is 2.75. The molecule has 2 fully saturated rings. The Morgan fingerprint density at radius 2 is 1.79 bits per heavy atom. The molecular weight excluding hydrogens is 285 g/mol. The minimum Gasteiger partial charge on any atom is -0.371 e. The second-order valence-electron chi connectivity index (χ2n) is 4.99. The van der Waals surface area contributed by atoms with Crippen LogP contribution in [0.1, 0.15) is 23.2 Å². The van der Waals surface area contributed by atoms with E-state index >= 15 is 0 Å². The fraction of sp³-hybridized carbons (Fsp3) is 0.571. The van der Waals surface area contributed by atoms with E-state index in [2.05, 4.69) is 17.0 Å². The van der Waals surface area contributed by atoms with Gasteiger partial charge in [-0.3, -0.25) is 0 Å². The Balaban J connectivity index is 1.69. The summed E-state index contributed by atoms with van der Waals surface area (Å²) in [7, 11) is 0. The highest BCUT2D eigenvalue weighted by Crippen LogP contribution is 2.34. The van der Waals surface area contributed by atoms with E-state index in [1.54, 1.807) is 0 Å². The van der Waals surface area contributed by atoms with Gasteiger partial charge in [0.05, 0.1) is 13.2 Å². The van der Waals surface area contributed by atoms with Crippen LogP contribution in [0.5, 0.6) is 0 Å². The van der Waals surface area contributed by atoms with E-state index in [-0.39, 0.29) is 5.79 Å². The van der Waals surface area contributed by atoms with Gasteiger partial charge < -0.3 is 14.4 Å². The molecule has 0 aliphatic carbocycles. The van der Waals surface area contributed by atoms with Gasteiger partial charge in [0, 0.05) is 31.6 Å². The summed E-state index contributed by atoms with van der Waals surface area (Å²) in [5, 5.41) is 0. The molecule has 3 nitrogen and oxygen atoms in total. The minimum atomic E-state index is -0.474. The number of anilines is 1. The average molecular weight is 302 g/mol. The van der Waals surface area contributed by atoms with Crippen LogP contribution in [0.15, 0.2) is 24.3 Å². The van der Waals surface area contributed by atoms with Crippen LogP contribution in [0.2, 0.25) is 0 Å². The van der Waals surface area contributed by atoms with Gasteiger partial charge in [-0.25, -0.2) is 0 Å². The van der Waals surface area contributed by atoms with Crippen molar-refractivity contribution < 1.29 is 9.47 Å². The molecule has 0 N–H and O–H groups in total. The van der Waals surface area contributed by atoms with Crippen molar-refractivity contribution in [2.45, 2.75) is 23.5 Å². The summed E-state index contributed by atoms with van der Waals surface area (Å²) in [4.78, 5) is 1.85. The van der Waals surface area contributed by atoms with Gasteiger partial charge in [-0.05, 0) is 17.7 Å². The molecule has 0 bridgehead atoms. The third-order valence-corrected chi connectivity index (χ3v) is 4.33. The first-order valence-electron chi connectivity index (χ1n) is 6.60. The van der Waals surface area contributed by atoms with E-state index in [4.69, 9.17) is 32.7 Å². The highest BCUT2D eigenvalue weighted by Gasteiger charge is 2.39. The number of benzene rings is 1. The van der Waals surface area contributed by atoms with E-state index in [0.29, 0.717) is 0 Å². The molecule has 2 saturated heterocycles. The van der Waals surface area contributed by atoms with E-state index < -0.39 is 4.84 Å². The van der Waals surface area contributed by atoms with Gasteiger partial charge in [-0.15, -0.1) is 23.2 Å². The van der Waals surface area contributed by atoms with Crippen LogP contribution in [0, 0.1) is 0 Å². The average Bonchev–Trinajstić information content (AvgIpc) is 2.88. The number of rotatable bonds is 2. The predicted octanol–water partition coefficient (Wildman–Crippen LogP) is 3.51. The Kier molecular flexibility index (Phi) is 3.90. The molecule has 2 aliphatic rings. The van der Waals surface area contributed by atoms with E-state index in [1.807, 2.05) is 12.1 Å².